The second kappa shape index (κ2) is 14.9. The Morgan fingerprint density at radius 1 is 1.09 bits per heavy atom. The molecule has 14 nitrogen and oxygen atoms in total. The second-order valence-corrected chi connectivity index (χ2v) is 13.3. The number of benzene rings is 2. The van der Waals surface area contributed by atoms with Crippen LogP contribution in [-0.4, -0.2) is 90.0 Å². The van der Waals surface area contributed by atoms with Crippen LogP contribution in [0.3, 0.4) is 0 Å². The minimum atomic E-state index is -3.55. The van der Waals surface area contributed by atoms with Gasteiger partial charge in [-0.3, -0.25) is 14.5 Å². The molecule has 2 aliphatic rings. The van der Waals surface area contributed by atoms with E-state index < -0.39 is 15.9 Å². The number of aliphatic hydroxyl groups is 1. The summed E-state index contributed by atoms with van der Waals surface area (Å²) in [5, 5.41) is 16.2. The van der Waals surface area contributed by atoms with Crippen LogP contribution in [0.5, 0.6) is 0 Å². The smallest absolute Gasteiger partial charge is 0.267 e. The van der Waals surface area contributed by atoms with Gasteiger partial charge in [-0.2, -0.15) is 0 Å². The van der Waals surface area contributed by atoms with Crippen molar-refractivity contribution in [2.24, 2.45) is 0 Å². The zero-order chi connectivity index (χ0) is 32.1. The van der Waals surface area contributed by atoms with Gasteiger partial charge in [0.15, 0.2) is 5.13 Å². The Morgan fingerprint density at radius 2 is 1.83 bits per heavy atom. The molecule has 2 aliphatic heterocycles. The van der Waals surface area contributed by atoms with Crippen LogP contribution in [0.15, 0.2) is 59.6 Å². The summed E-state index contributed by atoms with van der Waals surface area (Å²) in [7, 11) is -3.55. The number of β-amino-alcohol motifs (C(OH)–C–C–N with tert-alkyl or cyclic N) is 1. The molecule has 1 fully saturated rings. The van der Waals surface area contributed by atoms with E-state index in [9.17, 15) is 18.0 Å². The number of aliphatic hydroxyl groups excluding tert-OH is 1. The lowest BCUT2D eigenvalue weighted by molar-refractivity contribution is 0.0983. The first-order valence-corrected chi connectivity index (χ1v) is 16.6. The predicted molar refractivity (Wildman–Crippen MR) is 177 cm³/mol. The van der Waals surface area contributed by atoms with Gasteiger partial charge < -0.3 is 26.1 Å². The molecule has 0 atom stereocenters. The number of aryl methyl sites for hydroxylation is 2. The normalized spacial score (nSPS) is 15.1. The summed E-state index contributed by atoms with van der Waals surface area (Å²) < 4.78 is 24.2. The fourth-order valence-electron chi connectivity index (χ4n) is 4.75. The third-order valence-electron chi connectivity index (χ3n) is 7.01. The second-order valence-electron chi connectivity index (χ2n) is 10.2. The zero-order valence-electron chi connectivity index (χ0n) is 24.9. The number of hydrogen-bond donors (Lipinski definition) is 4. The maximum atomic E-state index is 12.7. The number of rotatable bonds is 7. The summed E-state index contributed by atoms with van der Waals surface area (Å²) >= 11 is 7.46. The van der Waals surface area contributed by atoms with Crippen molar-refractivity contribution in [3.05, 3.63) is 81.6 Å². The molecule has 17 heteroatoms. The Bertz CT molecular complexity index is 1810. The highest BCUT2D eigenvalue weighted by Gasteiger charge is 2.31. The topological polar surface area (TPSA) is 201 Å². The van der Waals surface area contributed by atoms with E-state index in [1.54, 1.807) is 18.2 Å². The predicted octanol–water partition coefficient (Wildman–Crippen LogP) is 2.61. The zero-order valence-corrected chi connectivity index (χ0v) is 27.3. The third kappa shape index (κ3) is 8.14. The molecule has 6 N–H and O–H groups in total. The Balaban J connectivity index is 0.000000309. The Labute approximate surface area is 274 Å². The first kappa shape index (κ1) is 34.7. The molecule has 1 saturated heterocycles. The van der Waals surface area contributed by atoms with Crippen LogP contribution in [0, 0.1) is 13.8 Å². The maximum absolute atomic E-state index is 12.7. The van der Waals surface area contributed by atoms with Gasteiger partial charge in [0.2, 0.25) is 0 Å². The fourth-order valence-corrected chi connectivity index (χ4v) is 6.91. The van der Waals surface area contributed by atoms with Gasteiger partial charge in [-0.05, 0) is 37.6 Å². The van der Waals surface area contributed by atoms with Gasteiger partial charge in [0.25, 0.3) is 21.8 Å². The molecule has 4 aromatic rings. The number of carbonyl (C=O) groups excluding carboxylic acids is 2. The lowest BCUT2D eigenvalue weighted by Crippen LogP contribution is -2.47. The lowest BCUT2D eigenvalue weighted by Gasteiger charge is -2.35. The van der Waals surface area contributed by atoms with Gasteiger partial charge in [0, 0.05) is 38.8 Å². The third-order valence-corrected chi connectivity index (χ3v) is 9.63. The molecule has 2 aromatic heterocycles. The first-order chi connectivity index (χ1) is 21.5. The van der Waals surface area contributed by atoms with E-state index in [0.717, 1.165) is 37.6 Å². The van der Waals surface area contributed by atoms with E-state index in [1.165, 1.54) is 29.7 Å². The van der Waals surface area contributed by atoms with Gasteiger partial charge in [0.05, 0.1) is 29.1 Å². The van der Waals surface area contributed by atoms with Gasteiger partial charge in [0.1, 0.15) is 27.2 Å². The highest BCUT2D eigenvalue weighted by Crippen LogP contribution is 2.28. The number of piperazine rings is 1. The Morgan fingerprint density at radius 3 is 2.52 bits per heavy atom. The molecule has 0 saturated carbocycles. The summed E-state index contributed by atoms with van der Waals surface area (Å²) in [6.07, 6.45) is 1.53. The van der Waals surface area contributed by atoms with Crippen LogP contribution in [0.1, 0.15) is 31.4 Å². The molecule has 4 heterocycles. The summed E-state index contributed by atoms with van der Waals surface area (Å²) in [5.41, 5.74) is 1.71. The summed E-state index contributed by atoms with van der Waals surface area (Å²) in [4.78, 5) is 42.0. The molecule has 0 aliphatic carbocycles. The molecule has 0 spiro atoms. The van der Waals surface area contributed by atoms with E-state index in [2.05, 4.69) is 35.4 Å². The van der Waals surface area contributed by atoms with Crippen LogP contribution >= 0.6 is 22.9 Å². The average molecular weight is 689 g/mol. The van der Waals surface area contributed by atoms with Crippen molar-refractivity contribution in [3.63, 3.8) is 0 Å². The monoisotopic (exact) mass is 688 g/mol. The number of para-hydroxylation sites is 1. The minimum absolute atomic E-state index is 0. The number of sulfonamides is 1. The SMILES string of the molecule is Cc1nc(Nc2ncc(C(=O)Nc3c(C)cccc3Cl)s2)cc(N2CCN(CCO)CC2)n1.O.O=C1NS(=O)(=O)c2ccccc21. The number of thiazole rings is 1. The van der Waals surface area contributed by atoms with E-state index >= 15 is 0 Å². The highest BCUT2D eigenvalue weighted by molar-refractivity contribution is 7.90. The van der Waals surface area contributed by atoms with E-state index in [1.807, 2.05) is 36.8 Å². The summed E-state index contributed by atoms with van der Waals surface area (Å²) in [6.45, 7) is 8.03. The average Bonchev–Trinajstić information content (AvgIpc) is 3.57. The number of halogens is 1. The number of anilines is 4. The minimum Gasteiger partial charge on any atom is -0.412 e. The molecular weight excluding hydrogens is 656 g/mol. The maximum Gasteiger partial charge on any atom is 0.267 e. The van der Waals surface area contributed by atoms with Crippen molar-refractivity contribution >= 4 is 67.2 Å². The van der Waals surface area contributed by atoms with Crippen LogP contribution in [-0.2, 0) is 10.0 Å². The first-order valence-electron chi connectivity index (χ1n) is 13.9. The Hall–Kier alpha value is -4.19. The van der Waals surface area contributed by atoms with Crippen LogP contribution in [0.25, 0.3) is 0 Å². The van der Waals surface area contributed by atoms with E-state index in [-0.39, 0.29) is 28.4 Å². The molecule has 0 unspecified atom stereocenters. The highest BCUT2D eigenvalue weighted by atomic mass is 35.5. The Kier molecular flexibility index (Phi) is 11.3. The van der Waals surface area contributed by atoms with Gasteiger partial charge in [-0.15, -0.1) is 0 Å². The molecule has 0 radical (unpaired) electrons. The van der Waals surface area contributed by atoms with Crippen molar-refractivity contribution in [2.75, 3.05) is 54.9 Å². The van der Waals surface area contributed by atoms with E-state index in [4.69, 9.17) is 16.7 Å². The summed E-state index contributed by atoms with van der Waals surface area (Å²) in [5.74, 6) is 1.30. The van der Waals surface area contributed by atoms with Crippen molar-refractivity contribution in [1.29, 1.82) is 0 Å². The number of amides is 2. The van der Waals surface area contributed by atoms with Gasteiger partial charge >= 0.3 is 0 Å². The van der Waals surface area contributed by atoms with Crippen molar-refractivity contribution in [1.82, 2.24) is 24.6 Å². The molecule has 0 bridgehead atoms. The molecule has 2 aromatic carbocycles. The fraction of sp³-hybridized carbons (Fsp3) is 0.276. The molecule has 6 rings (SSSR count). The van der Waals surface area contributed by atoms with Gasteiger partial charge in [-0.1, -0.05) is 47.2 Å². The van der Waals surface area contributed by atoms with Gasteiger partial charge in [-0.25, -0.2) is 28.1 Å². The molecule has 46 heavy (non-hydrogen) atoms. The molecule has 244 valence electrons. The quantitative estimate of drug-likeness (QED) is 0.222. The number of carbonyl (C=O) groups is 2. The van der Waals surface area contributed by atoms with Crippen LogP contribution in [0.4, 0.5) is 22.5 Å². The molecular formula is C29H33ClN8O6S2. The lowest BCUT2D eigenvalue weighted by atomic mass is 10.2. The van der Waals surface area contributed by atoms with Crippen molar-refractivity contribution in [3.8, 4) is 0 Å². The van der Waals surface area contributed by atoms with E-state index in [0.29, 0.717) is 38.9 Å². The van der Waals surface area contributed by atoms with Crippen LogP contribution < -0.4 is 20.3 Å². The number of nitrogens with zero attached hydrogens (tertiary/aromatic N) is 5. The number of aromatic nitrogens is 3. The number of nitrogens with one attached hydrogen (secondary N) is 3. The largest absolute Gasteiger partial charge is 0.412 e. The standard InChI is InChI=1S/C22H26ClN7O2S.C7H5NO3S.H2O/c1-14-4-3-5-16(23)20(14)28-21(32)17-13-24-22(33-17)27-18-12-19(26-15(2)25-18)30-8-6-29(7-9-30)10-11-31;9-7-5-3-1-2-4-6(5)12(10,11)8-7;/h3-5,12-13,31H,6-11H2,1-2H3,(H,28,32)(H,24,25,26,27);1-4H,(H,8,9);1H2. The number of fused-ring (bicyclic) bond motifs is 1. The van der Waals surface area contributed by atoms with Crippen molar-refractivity contribution < 1.29 is 28.6 Å². The molecule has 2 amide bonds. The number of hydrogen-bond acceptors (Lipinski definition) is 12. The van der Waals surface area contributed by atoms with Crippen molar-refractivity contribution in [2.45, 2.75) is 18.7 Å². The summed E-state index contributed by atoms with van der Waals surface area (Å²) in [6, 6.07) is 13.5. The van der Waals surface area contributed by atoms with Crippen LogP contribution in [0.2, 0.25) is 5.02 Å².